The first-order valence-electron chi connectivity index (χ1n) is 11.8. The Balaban J connectivity index is 1.73. The minimum absolute atomic E-state index is 0.151. The molecule has 4 heterocycles. The maximum atomic E-state index is 12.9. The quantitative estimate of drug-likeness (QED) is 0.441. The summed E-state index contributed by atoms with van der Waals surface area (Å²) in [5.41, 5.74) is 4.03. The molecule has 9 heteroatoms. The number of hydrogen-bond acceptors (Lipinski definition) is 7. The number of morpholine rings is 1. The molecule has 1 aliphatic rings. The van der Waals surface area contributed by atoms with Crippen LogP contribution in [0.25, 0.3) is 33.7 Å². The topological polar surface area (TPSA) is 101 Å². The Labute approximate surface area is 205 Å². The van der Waals surface area contributed by atoms with E-state index in [0.717, 1.165) is 33.5 Å². The molecule has 0 aliphatic carbocycles. The molecule has 3 aromatic heterocycles. The molecule has 0 spiro atoms. The number of H-pyrrole nitrogens is 1. The van der Waals surface area contributed by atoms with Crippen molar-refractivity contribution in [1.29, 1.82) is 0 Å². The summed E-state index contributed by atoms with van der Waals surface area (Å²) in [5.74, 6) is 1.36. The van der Waals surface area contributed by atoms with Crippen LogP contribution in [-0.4, -0.2) is 59.4 Å². The fourth-order valence-corrected chi connectivity index (χ4v) is 5.47. The Hall–Kier alpha value is -3.30. The van der Waals surface area contributed by atoms with Crippen LogP contribution in [0.15, 0.2) is 53.7 Å². The first kappa shape index (κ1) is 23.4. The first-order chi connectivity index (χ1) is 16.8. The maximum Gasteiger partial charge on any atom is 0.180 e. The molecule has 5 rings (SSSR count). The number of rotatable bonds is 5. The number of aromatic nitrogens is 4. The maximum absolute atomic E-state index is 12.9. The van der Waals surface area contributed by atoms with Crippen LogP contribution in [0.1, 0.15) is 26.3 Å². The molecule has 0 radical (unpaired) electrons. The van der Waals surface area contributed by atoms with E-state index in [1.165, 1.54) is 0 Å². The number of hydrogen-bond donors (Lipinski definition) is 1. The van der Waals surface area contributed by atoms with Crippen LogP contribution in [0.4, 0.5) is 5.82 Å². The van der Waals surface area contributed by atoms with Gasteiger partial charge in [0.1, 0.15) is 11.5 Å². The van der Waals surface area contributed by atoms with Crippen molar-refractivity contribution >= 4 is 26.7 Å². The summed E-state index contributed by atoms with van der Waals surface area (Å²) in [6.07, 6.45) is 3.59. The minimum atomic E-state index is -3.43. The molecule has 0 saturated carbocycles. The number of benzene rings is 1. The highest BCUT2D eigenvalue weighted by atomic mass is 32.2. The van der Waals surface area contributed by atoms with Crippen molar-refractivity contribution < 1.29 is 13.2 Å². The number of ether oxygens (including phenoxy) is 1. The van der Waals surface area contributed by atoms with E-state index < -0.39 is 15.1 Å². The van der Waals surface area contributed by atoms with E-state index in [0.29, 0.717) is 36.2 Å². The molecule has 1 aromatic carbocycles. The van der Waals surface area contributed by atoms with Crippen molar-refractivity contribution in [3.8, 4) is 22.6 Å². The van der Waals surface area contributed by atoms with E-state index >= 15 is 0 Å². The zero-order chi connectivity index (χ0) is 24.7. The lowest BCUT2D eigenvalue weighted by atomic mass is 10.0. The average molecular weight is 492 g/mol. The second-order valence-electron chi connectivity index (χ2n) is 9.22. The molecule has 8 nitrogen and oxygen atoms in total. The van der Waals surface area contributed by atoms with E-state index in [4.69, 9.17) is 14.7 Å². The van der Waals surface area contributed by atoms with Gasteiger partial charge in [0.2, 0.25) is 0 Å². The number of fused-ring (bicyclic) bond motifs is 1. The van der Waals surface area contributed by atoms with Crippen LogP contribution in [0.2, 0.25) is 0 Å². The number of nitrogens with one attached hydrogen (secondary N) is 1. The predicted molar refractivity (Wildman–Crippen MR) is 137 cm³/mol. The number of anilines is 1. The molecule has 1 fully saturated rings. The van der Waals surface area contributed by atoms with Gasteiger partial charge in [-0.05, 0) is 57.5 Å². The van der Waals surface area contributed by atoms with Crippen molar-refractivity contribution in [2.45, 2.75) is 43.9 Å². The van der Waals surface area contributed by atoms with Crippen LogP contribution in [-0.2, 0) is 14.6 Å². The van der Waals surface area contributed by atoms with Gasteiger partial charge in [0.05, 0.1) is 35.1 Å². The summed E-state index contributed by atoms with van der Waals surface area (Å²) in [6, 6.07) is 11.2. The van der Waals surface area contributed by atoms with Crippen LogP contribution >= 0.6 is 0 Å². The number of aromatic amines is 1. The summed E-state index contributed by atoms with van der Waals surface area (Å²) in [7, 11) is -3.43. The van der Waals surface area contributed by atoms with Gasteiger partial charge in [-0.1, -0.05) is 6.07 Å². The van der Waals surface area contributed by atoms with Gasteiger partial charge in [-0.15, -0.1) is 0 Å². The monoisotopic (exact) mass is 491 g/mol. The van der Waals surface area contributed by atoms with Crippen LogP contribution in [0.3, 0.4) is 0 Å². The van der Waals surface area contributed by atoms with Crippen LogP contribution in [0, 0.1) is 6.92 Å². The van der Waals surface area contributed by atoms with E-state index in [1.54, 1.807) is 32.2 Å². The van der Waals surface area contributed by atoms with Gasteiger partial charge < -0.3 is 14.6 Å². The van der Waals surface area contributed by atoms with Crippen molar-refractivity contribution in [3.05, 3.63) is 54.4 Å². The molecule has 4 aromatic rings. The van der Waals surface area contributed by atoms with Gasteiger partial charge in [0.25, 0.3) is 0 Å². The summed E-state index contributed by atoms with van der Waals surface area (Å²) in [5, 5.41) is 0.418. The molecule has 1 atom stereocenters. The molecule has 0 amide bonds. The van der Waals surface area contributed by atoms with Crippen molar-refractivity contribution in [1.82, 2.24) is 19.9 Å². The zero-order valence-electron chi connectivity index (χ0n) is 20.3. The summed E-state index contributed by atoms with van der Waals surface area (Å²) >= 11 is 0. The first-order valence-corrected chi connectivity index (χ1v) is 13.3. The largest absolute Gasteiger partial charge is 0.377 e. The molecule has 1 N–H and O–H groups in total. The van der Waals surface area contributed by atoms with Gasteiger partial charge in [-0.3, -0.25) is 0 Å². The summed E-state index contributed by atoms with van der Waals surface area (Å²) in [4.78, 5) is 20.0. The molecular weight excluding hydrogens is 462 g/mol. The number of aryl methyl sites for hydroxylation is 1. The van der Waals surface area contributed by atoms with E-state index in [1.807, 2.05) is 37.4 Å². The molecule has 182 valence electrons. The number of pyridine rings is 1. The molecule has 0 unspecified atom stereocenters. The van der Waals surface area contributed by atoms with Gasteiger partial charge in [0.15, 0.2) is 15.7 Å². The molecular formula is C26H29N5O3S. The Morgan fingerprint density at radius 3 is 2.71 bits per heavy atom. The van der Waals surface area contributed by atoms with Gasteiger partial charge in [-0.25, -0.2) is 23.4 Å². The Bertz CT molecular complexity index is 1500. The van der Waals surface area contributed by atoms with E-state index in [2.05, 4.69) is 21.8 Å². The van der Waals surface area contributed by atoms with Crippen molar-refractivity contribution in [2.24, 2.45) is 0 Å². The third kappa shape index (κ3) is 4.30. The van der Waals surface area contributed by atoms with Crippen molar-refractivity contribution in [3.63, 3.8) is 0 Å². The second kappa shape index (κ2) is 9.05. The predicted octanol–water partition coefficient (Wildman–Crippen LogP) is 4.40. The molecule has 35 heavy (non-hydrogen) atoms. The van der Waals surface area contributed by atoms with Crippen LogP contribution in [0.5, 0.6) is 0 Å². The lowest BCUT2D eigenvalue weighted by Crippen LogP contribution is -2.44. The lowest BCUT2D eigenvalue weighted by Gasteiger charge is -2.34. The fourth-order valence-electron chi connectivity index (χ4n) is 4.39. The SMILES string of the molecule is Cc1ccc(S(=O)(=O)C(C)C)cc1-c1cc(N2CCOC[C@H]2C)nc(-c2ccnc3[nH]ccc23)n1. The van der Waals surface area contributed by atoms with Gasteiger partial charge in [0, 0.05) is 41.5 Å². The summed E-state index contributed by atoms with van der Waals surface area (Å²) in [6.45, 7) is 9.43. The third-order valence-electron chi connectivity index (χ3n) is 6.51. The average Bonchev–Trinajstić information content (AvgIpc) is 3.33. The number of nitrogens with zero attached hydrogens (tertiary/aromatic N) is 4. The minimum Gasteiger partial charge on any atom is -0.377 e. The van der Waals surface area contributed by atoms with Crippen LogP contribution < -0.4 is 4.90 Å². The molecule has 1 saturated heterocycles. The molecule has 1 aliphatic heterocycles. The molecule has 0 bridgehead atoms. The Morgan fingerprint density at radius 2 is 1.94 bits per heavy atom. The highest BCUT2D eigenvalue weighted by molar-refractivity contribution is 7.92. The number of sulfone groups is 1. The van der Waals surface area contributed by atoms with Gasteiger partial charge in [-0.2, -0.15) is 0 Å². The van der Waals surface area contributed by atoms with Crippen molar-refractivity contribution in [2.75, 3.05) is 24.7 Å². The Kier molecular flexibility index (Phi) is 6.06. The highest BCUT2D eigenvalue weighted by Crippen LogP contribution is 2.33. The lowest BCUT2D eigenvalue weighted by molar-refractivity contribution is 0.0985. The smallest absolute Gasteiger partial charge is 0.180 e. The highest BCUT2D eigenvalue weighted by Gasteiger charge is 2.24. The third-order valence-corrected chi connectivity index (χ3v) is 8.66. The van der Waals surface area contributed by atoms with E-state index in [-0.39, 0.29) is 6.04 Å². The summed E-state index contributed by atoms with van der Waals surface area (Å²) < 4.78 is 31.5. The van der Waals surface area contributed by atoms with Gasteiger partial charge >= 0.3 is 0 Å². The standard InChI is InChI=1S/C26H29N5O3S/c1-16(2)35(32,33)19-6-5-17(3)22(13-19)23-14-24(31-11-12-34-15-18(31)4)30-26(29-23)21-8-10-28-25-20(21)7-9-27-25/h5-10,13-14,16,18H,11-12,15H2,1-4H3,(H,27,28)/t18-/m1/s1. The zero-order valence-corrected chi connectivity index (χ0v) is 21.1. The Morgan fingerprint density at radius 1 is 1.11 bits per heavy atom. The van der Waals surface area contributed by atoms with E-state index in [9.17, 15) is 8.42 Å². The second-order valence-corrected chi connectivity index (χ2v) is 11.7. The fraction of sp³-hybridized carbons (Fsp3) is 0.346. The normalized spacial score (nSPS) is 16.8.